The van der Waals surface area contributed by atoms with Crippen LogP contribution in [0, 0.1) is 5.92 Å². The van der Waals surface area contributed by atoms with Gasteiger partial charge in [0, 0.05) is 10.6 Å². The lowest BCUT2D eigenvalue weighted by atomic mass is 9.73. The first kappa shape index (κ1) is 14.2. The summed E-state index contributed by atoms with van der Waals surface area (Å²) in [6.07, 6.45) is 3.70. The van der Waals surface area contributed by atoms with Gasteiger partial charge in [-0.3, -0.25) is 0 Å². The second kappa shape index (κ2) is 5.55. The van der Waals surface area contributed by atoms with E-state index in [1.807, 2.05) is 18.2 Å². The van der Waals surface area contributed by atoms with Crippen molar-refractivity contribution in [3.05, 3.63) is 28.8 Å². The molecular formula is C16H22ClNO2. The summed E-state index contributed by atoms with van der Waals surface area (Å²) in [5, 5.41) is 12.0. The van der Waals surface area contributed by atoms with Crippen molar-refractivity contribution in [2.75, 3.05) is 26.7 Å². The molecule has 0 aromatic heterocycles. The number of likely N-dealkylation sites (tertiary alicyclic amines) is 1. The van der Waals surface area contributed by atoms with Crippen molar-refractivity contribution in [2.24, 2.45) is 5.92 Å². The van der Waals surface area contributed by atoms with E-state index in [1.165, 1.54) is 0 Å². The molecule has 1 fully saturated rings. The maximum Gasteiger partial charge on any atom is 0.125 e. The Morgan fingerprint density at radius 2 is 2.10 bits per heavy atom. The van der Waals surface area contributed by atoms with Gasteiger partial charge in [-0.1, -0.05) is 11.6 Å². The molecule has 20 heavy (non-hydrogen) atoms. The molecule has 1 saturated heterocycles. The summed E-state index contributed by atoms with van der Waals surface area (Å²) in [5.74, 6) is 1.09. The van der Waals surface area contributed by atoms with Crippen molar-refractivity contribution < 1.29 is 9.84 Å². The Bertz CT molecular complexity index is 485. The fourth-order valence-corrected chi connectivity index (χ4v) is 3.71. The summed E-state index contributed by atoms with van der Waals surface area (Å²) in [5.41, 5.74) is 0.0925. The van der Waals surface area contributed by atoms with E-state index in [2.05, 4.69) is 11.9 Å². The van der Waals surface area contributed by atoms with Gasteiger partial charge in [-0.15, -0.1) is 0 Å². The van der Waals surface area contributed by atoms with Crippen LogP contribution in [0.3, 0.4) is 0 Å². The number of nitrogens with zero attached hydrogens (tertiary/aromatic N) is 1. The Hall–Kier alpha value is -0.770. The van der Waals surface area contributed by atoms with Crippen molar-refractivity contribution >= 4 is 11.6 Å². The Morgan fingerprint density at radius 1 is 1.35 bits per heavy atom. The zero-order valence-corrected chi connectivity index (χ0v) is 12.7. The smallest absolute Gasteiger partial charge is 0.125 e. The zero-order chi connectivity index (χ0) is 14.2. The lowest BCUT2D eigenvalue weighted by Crippen LogP contribution is -2.42. The SMILES string of the molecule is CN1CCC(C2(O)CCCOc3ccc(Cl)cc32)CC1. The van der Waals surface area contributed by atoms with Crippen molar-refractivity contribution in [2.45, 2.75) is 31.3 Å². The first-order chi connectivity index (χ1) is 9.59. The van der Waals surface area contributed by atoms with Crippen LogP contribution in [0.2, 0.25) is 5.02 Å². The van der Waals surface area contributed by atoms with Gasteiger partial charge in [-0.25, -0.2) is 0 Å². The van der Waals surface area contributed by atoms with Crippen LogP contribution in [0.5, 0.6) is 5.75 Å². The fourth-order valence-electron chi connectivity index (χ4n) is 3.54. The molecule has 0 saturated carbocycles. The molecule has 1 N–H and O–H groups in total. The van der Waals surface area contributed by atoms with Gasteiger partial charge in [0.05, 0.1) is 12.2 Å². The first-order valence-electron chi connectivity index (χ1n) is 7.43. The van der Waals surface area contributed by atoms with E-state index in [4.69, 9.17) is 16.3 Å². The number of aliphatic hydroxyl groups is 1. The lowest BCUT2D eigenvalue weighted by Gasteiger charge is -2.40. The van der Waals surface area contributed by atoms with Crippen LogP contribution in [0.15, 0.2) is 18.2 Å². The van der Waals surface area contributed by atoms with E-state index in [0.29, 0.717) is 11.6 Å². The standard InChI is InChI=1S/C16H22ClNO2/c1-18-8-5-12(6-9-18)16(19)7-2-10-20-15-4-3-13(17)11-14(15)16/h3-4,11-12,19H,2,5-10H2,1H3. The van der Waals surface area contributed by atoms with Gasteiger partial charge in [0.15, 0.2) is 0 Å². The summed E-state index contributed by atoms with van der Waals surface area (Å²) in [4.78, 5) is 2.33. The quantitative estimate of drug-likeness (QED) is 0.864. The predicted octanol–water partition coefficient (Wildman–Crippen LogP) is 3.04. The summed E-state index contributed by atoms with van der Waals surface area (Å²) in [7, 11) is 2.14. The van der Waals surface area contributed by atoms with E-state index in [9.17, 15) is 5.11 Å². The van der Waals surface area contributed by atoms with Crippen LogP contribution in [0.25, 0.3) is 0 Å². The highest BCUT2D eigenvalue weighted by Gasteiger charge is 2.42. The molecule has 2 heterocycles. The highest BCUT2D eigenvalue weighted by Crippen LogP contribution is 2.45. The highest BCUT2D eigenvalue weighted by molar-refractivity contribution is 6.30. The second-order valence-electron chi connectivity index (χ2n) is 6.09. The molecule has 4 heteroatoms. The molecular weight excluding hydrogens is 274 g/mol. The van der Waals surface area contributed by atoms with E-state index in [0.717, 1.165) is 50.1 Å². The number of piperidine rings is 1. The van der Waals surface area contributed by atoms with Gasteiger partial charge in [0.1, 0.15) is 5.75 Å². The molecule has 0 bridgehead atoms. The lowest BCUT2D eigenvalue weighted by molar-refractivity contribution is -0.0526. The average molecular weight is 296 g/mol. The van der Waals surface area contributed by atoms with Crippen molar-refractivity contribution in [1.82, 2.24) is 4.90 Å². The van der Waals surface area contributed by atoms with Gasteiger partial charge >= 0.3 is 0 Å². The Labute approximate surface area is 125 Å². The minimum Gasteiger partial charge on any atom is -0.493 e. The van der Waals surface area contributed by atoms with Crippen LogP contribution in [0.4, 0.5) is 0 Å². The molecule has 1 unspecified atom stereocenters. The number of fused-ring (bicyclic) bond motifs is 1. The topological polar surface area (TPSA) is 32.7 Å². The molecule has 1 aromatic rings. The van der Waals surface area contributed by atoms with Gasteiger partial charge in [0.2, 0.25) is 0 Å². The Balaban J connectivity index is 1.97. The Morgan fingerprint density at radius 3 is 2.85 bits per heavy atom. The molecule has 0 amide bonds. The van der Waals surface area contributed by atoms with Crippen molar-refractivity contribution in [3.63, 3.8) is 0 Å². The summed E-state index contributed by atoms with van der Waals surface area (Å²) in [6.45, 7) is 2.76. The van der Waals surface area contributed by atoms with Gasteiger partial charge in [0.25, 0.3) is 0 Å². The molecule has 0 radical (unpaired) electrons. The monoisotopic (exact) mass is 295 g/mol. The van der Waals surface area contributed by atoms with Gasteiger partial charge in [-0.05, 0) is 69.9 Å². The largest absolute Gasteiger partial charge is 0.493 e. The molecule has 0 aliphatic carbocycles. The zero-order valence-electron chi connectivity index (χ0n) is 11.9. The van der Waals surface area contributed by atoms with E-state index >= 15 is 0 Å². The normalized spacial score (nSPS) is 28.6. The van der Waals surface area contributed by atoms with Gasteiger partial charge < -0.3 is 14.7 Å². The van der Waals surface area contributed by atoms with Crippen LogP contribution < -0.4 is 4.74 Å². The summed E-state index contributed by atoms with van der Waals surface area (Å²) < 4.78 is 5.78. The van der Waals surface area contributed by atoms with Crippen molar-refractivity contribution in [3.8, 4) is 5.75 Å². The third-order valence-electron chi connectivity index (χ3n) is 4.76. The Kier molecular flexibility index (Phi) is 3.93. The highest BCUT2D eigenvalue weighted by atomic mass is 35.5. The predicted molar refractivity (Wildman–Crippen MR) is 80.3 cm³/mol. The molecule has 0 spiro atoms. The summed E-state index contributed by atoms with van der Waals surface area (Å²) in [6, 6.07) is 5.62. The number of benzene rings is 1. The van der Waals surface area contributed by atoms with Crippen molar-refractivity contribution in [1.29, 1.82) is 0 Å². The number of halogens is 1. The van der Waals surface area contributed by atoms with E-state index in [1.54, 1.807) is 0 Å². The van der Waals surface area contributed by atoms with E-state index < -0.39 is 5.60 Å². The molecule has 3 rings (SSSR count). The minimum absolute atomic E-state index is 0.289. The van der Waals surface area contributed by atoms with Crippen LogP contribution in [0.1, 0.15) is 31.2 Å². The second-order valence-corrected chi connectivity index (χ2v) is 6.53. The molecule has 110 valence electrons. The van der Waals surface area contributed by atoms with E-state index in [-0.39, 0.29) is 5.92 Å². The third-order valence-corrected chi connectivity index (χ3v) is 5.00. The maximum atomic E-state index is 11.4. The van der Waals surface area contributed by atoms with Crippen LogP contribution in [-0.4, -0.2) is 36.8 Å². The molecule has 2 aliphatic rings. The molecule has 2 aliphatic heterocycles. The third kappa shape index (κ3) is 2.54. The number of ether oxygens (including phenoxy) is 1. The first-order valence-corrected chi connectivity index (χ1v) is 7.81. The minimum atomic E-state index is -0.794. The number of hydrogen-bond donors (Lipinski definition) is 1. The number of hydrogen-bond acceptors (Lipinski definition) is 3. The summed E-state index contributed by atoms with van der Waals surface area (Å²) >= 11 is 6.14. The fraction of sp³-hybridized carbons (Fsp3) is 0.625. The van der Waals surface area contributed by atoms with Gasteiger partial charge in [-0.2, -0.15) is 0 Å². The maximum absolute atomic E-state index is 11.4. The molecule has 1 aromatic carbocycles. The molecule has 3 nitrogen and oxygen atoms in total. The van der Waals surface area contributed by atoms with Crippen LogP contribution >= 0.6 is 11.6 Å². The van der Waals surface area contributed by atoms with Crippen LogP contribution in [-0.2, 0) is 5.60 Å². The molecule has 1 atom stereocenters. The number of rotatable bonds is 1. The average Bonchev–Trinajstić information content (AvgIpc) is 2.60.